The second kappa shape index (κ2) is 6.66. The molecule has 118 valence electrons. The van der Waals surface area contributed by atoms with E-state index in [1.807, 2.05) is 56.3 Å². The summed E-state index contributed by atoms with van der Waals surface area (Å²) in [7, 11) is 0. The number of anilines is 2. The van der Waals surface area contributed by atoms with Gasteiger partial charge in [0, 0.05) is 5.69 Å². The molecule has 0 aliphatic heterocycles. The molecule has 0 aliphatic rings. The van der Waals surface area contributed by atoms with Gasteiger partial charge in [-0.2, -0.15) is 0 Å². The molecule has 23 heavy (non-hydrogen) atoms. The van der Waals surface area contributed by atoms with E-state index in [1.54, 1.807) is 0 Å². The van der Waals surface area contributed by atoms with Gasteiger partial charge in [-0.05, 0) is 43.7 Å². The summed E-state index contributed by atoms with van der Waals surface area (Å²) in [5, 5.41) is 6.16. The van der Waals surface area contributed by atoms with E-state index in [9.17, 15) is 4.79 Å². The minimum absolute atomic E-state index is 0.302. The van der Waals surface area contributed by atoms with Gasteiger partial charge in [0.05, 0.1) is 16.8 Å². The fourth-order valence-corrected chi connectivity index (χ4v) is 3.07. The van der Waals surface area contributed by atoms with Crippen LogP contribution in [0.25, 0.3) is 10.2 Å². The van der Waals surface area contributed by atoms with E-state index >= 15 is 0 Å². The van der Waals surface area contributed by atoms with E-state index in [0.717, 1.165) is 27.2 Å². The van der Waals surface area contributed by atoms with Crippen LogP contribution in [0.4, 0.5) is 15.6 Å². The molecule has 0 bridgehead atoms. The first-order chi connectivity index (χ1) is 11.2. The number of para-hydroxylation sites is 1. The lowest BCUT2D eigenvalue weighted by Crippen LogP contribution is -2.19. The number of benzene rings is 2. The summed E-state index contributed by atoms with van der Waals surface area (Å²) in [5.74, 6) is 0.805. The van der Waals surface area contributed by atoms with Crippen molar-refractivity contribution in [1.82, 2.24) is 4.98 Å². The van der Waals surface area contributed by atoms with Gasteiger partial charge in [0.25, 0.3) is 0 Å². The fourth-order valence-electron chi connectivity index (χ4n) is 2.18. The lowest BCUT2D eigenvalue weighted by molar-refractivity contribution is 0.262. The third-order valence-corrected chi connectivity index (χ3v) is 4.22. The largest absolute Gasteiger partial charge is 0.494 e. The molecule has 0 spiro atoms. The Morgan fingerprint density at radius 1 is 1.22 bits per heavy atom. The van der Waals surface area contributed by atoms with Crippen molar-refractivity contribution in [3.63, 3.8) is 0 Å². The zero-order valence-corrected chi connectivity index (χ0v) is 13.7. The number of carbonyl (C=O) groups excluding carboxylic acids is 1. The molecule has 0 saturated carbocycles. The number of thiazole rings is 1. The maximum Gasteiger partial charge on any atom is 0.325 e. The van der Waals surface area contributed by atoms with Gasteiger partial charge in [-0.3, -0.25) is 5.32 Å². The molecular formula is C17H17N3O2S. The predicted molar refractivity (Wildman–Crippen MR) is 94.6 cm³/mol. The first kappa shape index (κ1) is 15.3. The minimum atomic E-state index is -0.302. The molecule has 0 fully saturated rings. The first-order valence-corrected chi connectivity index (χ1v) is 8.14. The second-order valence-corrected chi connectivity index (χ2v) is 6.01. The molecule has 3 rings (SSSR count). The maximum atomic E-state index is 12.1. The number of carbonyl (C=O) groups is 1. The molecule has 3 aromatic rings. The predicted octanol–water partition coefficient (Wildman–Crippen LogP) is 4.65. The molecule has 2 amide bonds. The standard InChI is InChI=1S/C17H17N3O2S/c1-3-22-12-8-9-14-15(10-12)23-17(19-14)20-16(21)18-13-7-5-4-6-11(13)2/h4-10H,3H2,1-2H3,(H2,18,19,20,21). The van der Waals surface area contributed by atoms with Crippen molar-refractivity contribution in [1.29, 1.82) is 0 Å². The van der Waals surface area contributed by atoms with E-state index in [-0.39, 0.29) is 6.03 Å². The summed E-state index contributed by atoms with van der Waals surface area (Å²) in [5.41, 5.74) is 2.63. The zero-order chi connectivity index (χ0) is 16.2. The normalized spacial score (nSPS) is 10.5. The van der Waals surface area contributed by atoms with Crippen LogP contribution in [-0.4, -0.2) is 17.6 Å². The number of hydrogen-bond acceptors (Lipinski definition) is 4. The fraction of sp³-hybridized carbons (Fsp3) is 0.176. The Morgan fingerprint density at radius 3 is 2.83 bits per heavy atom. The zero-order valence-electron chi connectivity index (χ0n) is 12.9. The number of nitrogens with zero attached hydrogens (tertiary/aromatic N) is 1. The van der Waals surface area contributed by atoms with E-state index in [1.165, 1.54) is 11.3 Å². The van der Waals surface area contributed by atoms with Crippen LogP contribution >= 0.6 is 11.3 Å². The summed E-state index contributed by atoms with van der Waals surface area (Å²) in [6.45, 7) is 4.51. The SMILES string of the molecule is CCOc1ccc2nc(NC(=O)Nc3ccccc3C)sc2c1. The van der Waals surface area contributed by atoms with E-state index in [2.05, 4.69) is 15.6 Å². The van der Waals surface area contributed by atoms with Gasteiger partial charge < -0.3 is 10.1 Å². The van der Waals surface area contributed by atoms with Crippen LogP contribution in [-0.2, 0) is 0 Å². The molecule has 2 N–H and O–H groups in total. The van der Waals surface area contributed by atoms with Crippen molar-refractivity contribution >= 4 is 38.4 Å². The van der Waals surface area contributed by atoms with E-state index in [0.29, 0.717) is 11.7 Å². The Balaban J connectivity index is 1.73. The molecular weight excluding hydrogens is 310 g/mol. The quantitative estimate of drug-likeness (QED) is 0.733. The van der Waals surface area contributed by atoms with Gasteiger partial charge in [0.15, 0.2) is 5.13 Å². The van der Waals surface area contributed by atoms with Gasteiger partial charge in [0.2, 0.25) is 0 Å². The Bertz CT molecular complexity index is 845. The number of rotatable bonds is 4. The van der Waals surface area contributed by atoms with Crippen molar-refractivity contribution < 1.29 is 9.53 Å². The first-order valence-electron chi connectivity index (χ1n) is 7.32. The van der Waals surface area contributed by atoms with Gasteiger partial charge in [0.1, 0.15) is 5.75 Å². The average molecular weight is 327 g/mol. The molecule has 0 saturated heterocycles. The molecule has 1 heterocycles. The van der Waals surface area contributed by atoms with Gasteiger partial charge in [-0.1, -0.05) is 29.5 Å². The highest BCUT2D eigenvalue weighted by Crippen LogP contribution is 2.29. The molecule has 0 atom stereocenters. The van der Waals surface area contributed by atoms with Crippen molar-refractivity contribution in [2.75, 3.05) is 17.2 Å². The lowest BCUT2D eigenvalue weighted by Gasteiger charge is -2.07. The summed E-state index contributed by atoms with van der Waals surface area (Å²) in [6, 6.07) is 13.0. The summed E-state index contributed by atoms with van der Waals surface area (Å²) < 4.78 is 6.45. The third kappa shape index (κ3) is 3.60. The molecule has 0 unspecified atom stereocenters. The molecule has 1 aromatic heterocycles. The van der Waals surface area contributed by atoms with Crippen LogP contribution in [0.2, 0.25) is 0 Å². The third-order valence-electron chi connectivity index (χ3n) is 3.28. The number of aryl methyl sites for hydroxylation is 1. The van der Waals surface area contributed by atoms with Crippen molar-refractivity contribution in [2.45, 2.75) is 13.8 Å². The highest BCUT2D eigenvalue weighted by atomic mass is 32.1. The van der Waals surface area contributed by atoms with Crippen molar-refractivity contribution in [3.05, 3.63) is 48.0 Å². The monoisotopic (exact) mass is 327 g/mol. The van der Waals surface area contributed by atoms with Gasteiger partial charge in [-0.25, -0.2) is 9.78 Å². The van der Waals surface area contributed by atoms with E-state index < -0.39 is 0 Å². The molecule has 5 nitrogen and oxygen atoms in total. The average Bonchev–Trinajstić information content (AvgIpc) is 2.91. The molecule has 6 heteroatoms. The lowest BCUT2D eigenvalue weighted by atomic mass is 10.2. The highest BCUT2D eigenvalue weighted by molar-refractivity contribution is 7.22. The summed E-state index contributed by atoms with van der Waals surface area (Å²) in [4.78, 5) is 16.5. The van der Waals surface area contributed by atoms with Gasteiger partial charge in [-0.15, -0.1) is 0 Å². The molecule has 0 radical (unpaired) electrons. The Morgan fingerprint density at radius 2 is 2.04 bits per heavy atom. The minimum Gasteiger partial charge on any atom is -0.494 e. The Labute approximate surface area is 138 Å². The highest BCUT2D eigenvalue weighted by Gasteiger charge is 2.09. The topological polar surface area (TPSA) is 63.2 Å². The van der Waals surface area contributed by atoms with Crippen LogP contribution in [0.1, 0.15) is 12.5 Å². The van der Waals surface area contributed by atoms with Crippen LogP contribution in [0.5, 0.6) is 5.75 Å². The maximum absolute atomic E-state index is 12.1. The number of aromatic nitrogens is 1. The van der Waals surface area contributed by atoms with Crippen LogP contribution in [0.15, 0.2) is 42.5 Å². The Kier molecular flexibility index (Phi) is 4.43. The number of hydrogen-bond donors (Lipinski definition) is 2. The van der Waals surface area contributed by atoms with Crippen LogP contribution in [0.3, 0.4) is 0 Å². The Hall–Kier alpha value is -2.60. The van der Waals surface area contributed by atoms with Crippen molar-refractivity contribution in [2.24, 2.45) is 0 Å². The molecule has 2 aromatic carbocycles. The summed E-state index contributed by atoms with van der Waals surface area (Å²) >= 11 is 1.42. The number of urea groups is 1. The van der Waals surface area contributed by atoms with Crippen LogP contribution in [0, 0.1) is 6.92 Å². The number of fused-ring (bicyclic) bond motifs is 1. The smallest absolute Gasteiger partial charge is 0.325 e. The number of nitrogens with one attached hydrogen (secondary N) is 2. The van der Waals surface area contributed by atoms with Gasteiger partial charge >= 0.3 is 6.03 Å². The summed E-state index contributed by atoms with van der Waals surface area (Å²) in [6.07, 6.45) is 0. The molecule has 0 aliphatic carbocycles. The number of ether oxygens (including phenoxy) is 1. The second-order valence-electron chi connectivity index (χ2n) is 4.98. The van der Waals surface area contributed by atoms with E-state index in [4.69, 9.17) is 4.74 Å². The van der Waals surface area contributed by atoms with Crippen molar-refractivity contribution in [3.8, 4) is 5.75 Å². The number of amides is 2. The van der Waals surface area contributed by atoms with Crippen LogP contribution < -0.4 is 15.4 Å².